The maximum absolute atomic E-state index is 5.78. The van der Waals surface area contributed by atoms with E-state index in [2.05, 4.69) is 24.2 Å². The van der Waals surface area contributed by atoms with Crippen molar-refractivity contribution in [3.63, 3.8) is 0 Å². The normalized spacial score (nSPS) is 18.5. The van der Waals surface area contributed by atoms with E-state index in [1.54, 1.807) is 0 Å². The van der Waals surface area contributed by atoms with Crippen molar-refractivity contribution in [3.8, 4) is 0 Å². The molecule has 0 radical (unpaired) electrons. The first-order valence-corrected chi connectivity index (χ1v) is 6.26. The van der Waals surface area contributed by atoms with Gasteiger partial charge >= 0.3 is 0 Å². The lowest BCUT2D eigenvalue weighted by atomic mass is 9.66. The molecule has 0 aromatic rings. The van der Waals surface area contributed by atoms with Crippen molar-refractivity contribution in [2.75, 3.05) is 13.1 Å². The van der Waals surface area contributed by atoms with Gasteiger partial charge in [0.15, 0.2) is 5.96 Å². The number of aliphatic imine (C=N–C) groups is 1. The van der Waals surface area contributed by atoms with Crippen LogP contribution in [0.2, 0.25) is 0 Å². The summed E-state index contributed by atoms with van der Waals surface area (Å²) in [4.78, 5) is 4.46. The molecule has 1 fully saturated rings. The SMILES string of the molecule is CCCNC(N)=NCC1(CCC)CCC1.I. The molecule has 0 amide bonds. The molecule has 0 spiro atoms. The van der Waals surface area contributed by atoms with Crippen molar-refractivity contribution in [1.29, 1.82) is 0 Å². The molecule has 3 N–H and O–H groups in total. The Balaban J connectivity index is 0.00000225. The molecule has 1 aliphatic rings. The minimum atomic E-state index is 0. The Morgan fingerprint density at radius 3 is 2.44 bits per heavy atom. The van der Waals surface area contributed by atoms with Crippen molar-refractivity contribution in [2.24, 2.45) is 16.1 Å². The number of nitrogens with one attached hydrogen (secondary N) is 1. The fourth-order valence-corrected chi connectivity index (χ4v) is 2.26. The molecule has 4 heteroatoms. The molecule has 0 aliphatic heterocycles. The number of rotatable bonds is 6. The van der Waals surface area contributed by atoms with Crippen LogP contribution >= 0.6 is 24.0 Å². The standard InChI is InChI=1S/C12H25N3.HI/c1-3-6-12(7-5-8-12)10-15-11(13)14-9-4-2;/h3-10H2,1-2H3,(H3,13,14,15);1H. The van der Waals surface area contributed by atoms with Gasteiger partial charge in [0.1, 0.15) is 0 Å². The molecule has 96 valence electrons. The second kappa shape index (κ2) is 8.14. The minimum absolute atomic E-state index is 0. The average molecular weight is 339 g/mol. The lowest BCUT2D eigenvalue weighted by Crippen LogP contribution is -2.37. The Morgan fingerprint density at radius 1 is 1.31 bits per heavy atom. The summed E-state index contributed by atoms with van der Waals surface area (Å²) in [5, 5.41) is 3.12. The molecule has 1 saturated carbocycles. The summed E-state index contributed by atoms with van der Waals surface area (Å²) in [5.41, 5.74) is 6.27. The number of nitrogens with two attached hydrogens (primary N) is 1. The largest absolute Gasteiger partial charge is 0.370 e. The molecule has 0 aromatic heterocycles. The molecular weight excluding hydrogens is 313 g/mol. The maximum atomic E-state index is 5.78. The molecule has 1 rings (SSSR count). The average Bonchev–Trinajstić information content (AvgIpc) is 2.18. The van der Waals surface area contributed by atoms with Crippen molar-refractivity contribution < 1.29 is 0 Å². The van der Waals surface area contributed by atoms with Gasteiger partial charge in [-0.3, -0.25) is 4.99 Å². The van der Waals surface area contributed by atoms with Crippen LogP contribution in [0.4, 0.5) is 0 Å². The first kappa shape index (κ1) is 16.0. The molecular formula is C12H26IN3. The summed E-state index contributed by atoms with van der Waals surface area (Å²) >= 11 is 0. The van der Waals surface area contributed by atoms with Gasteiger partial charge in [-0.25, -0.2) is 0 Å². The van der Waals surface area contributed by atoms with Crippen molar-refractivity contribution in [2.45, 2.75) is 52.4 Å². The highest BCUT2D eigenvalue weighted by molar-refractivity contribution is 14.0. The first-order valence-electron chi connectivity index (χ1n) is 6.26. The zero-order valence-electron chi connectivity index (χ0n) is 10.6. The number of guanidine groups is 1. The highest BCUT2D eigenvalue weighted by Crippen LogP contribution is 2.44. The highest BCUT2D eigenvalue weighted by atomic mass is 127. The van der Waals surface area contributed by atoms with E-state index >= 15 is 0 Å². The van der Waals surface area contributed by atoms with E-state index in [1.165, 1.54) is 32.1 Å². The molecule has 0 heterocycles. The molecule has 0 unspecified atom stereocenters. The monoisotopic (exact) mass is 339 g/mol. The predicted molar refractivity (Wildman–Crippen MR) is 81.4 cm³/mol. The van der Waals surface area contributed by atoms with Gasteiger partial charge < -0.3 is 11.1 Å². The Morgan fingerprint density at radius 2 is 2.00 bits per heavy atom. The van der Waals surface area contributed by atoms with Gasteiger partial charge in [0, 0.05) is 13.1 Å². The molecule has 16 heavy (non-hydrogen) atoms. The lowest BCUT2D eigenvalue weighted by Gasteiger charge is -2.40. The van der Waals surface area contributed by atoms with Crippen LogP contribution in [0.15, 0.2) is 4.99 Å². The summed E-state index contributed by atoms with van der Waals surface area (Å²) < 4.78 is 0. The van der Waals surface area contributed by atoms with Crippen molar-refractivity contribution >= 4 is 29.9 Å². The first-order chi connectivity index (χ1) is 7.22. The summed E-state index contributed by atoms with van der Waals surface area (Å²) in [6.07, 6.45) is 7.71. The third-order valence-electron chi connectivity index (χ3n) is 3.34. The molecule has 0 aromatic carbocycles. The Kier molecular flexibility index (Phi) is 8.14. The number of nitrogens with zero attached hydrogens (tertiary/aromatic N) is 1. The molecule has 1 aliphatic carbocycles. The Hall–Kier alpha value is 0. The number of hydrogen-bond acceptors (Lipinski definition) is 1. The van der Waals surface area contributed by atoms with Crippen molar-refractivity contribution in [3.05, 3.63) is 0 Å². The molecule has 0 saturated heterocycles. The lowest BCUT2D eigenvalue weighted by molar-refractivity contribution is 0.130. The van der Waals surface area contributed by atoms with Crippen LogP contribution in [0.3, 0.4) is 0 Å². The van der Waals surface area contributed by atoms with Crippen LogP contribution in [0, 0.1) is 5.41 Å². The second-order valence-corrected chi connectivity index (χ2v) is 4.73. The number of halogens is 1. The fraction of sp³-hybridized carbons (Fsp3) is 0.917. The van der Waals surface area contributed by atoms with E-state index in [4.69, 9.17) is 5.73 Å². The van der Waals surface area contributed by atoms with Crippen LogP contribution in [0.1, 0.15) is 52.4 Å². The smallest absolute Gasteiger partial charge is 0.188 e. The topological polar surface area (TPSA) is 50.4 Å². The summed E-state index contributed by atoms with van der Waals surface area (Å²) in [6, 6.07) is 0. The van der Waals surface area contributed by atoms with Gasteiger partial charge in [-0.05, 0) is 31.1 Å². The van der Waals surface area contributed by atoms with E-state index in [9.17, 15) is 0 Å². The third-order valence-corrected chi connectivity index (χ3v) is 3.34. The van der Waals surface area contributed by atoms with Gasteiger partial charge in [-0.2, -0.15) is 0 Å². The predicted octanol–water partition coefficient (Wildman–Crippen LogP) is 2.89. The maximum Gasteiger partial charge on any atom is 0.188 e. The van der Waals surface area contributed by atoms with Gasteiger partial charge in [-0.1, -0.05) is 26.7 Å². The second-order valence-electron chi connectivity index (χ2n) is 4.73. The van der Waals surface area contributed by atoms with Crippen LogP contribution in [0.25, 0.3) is 0 Å². The quantitative estimate of drug-likeness (QED) is 0.444. The zero-order chi connectivity index (χ0) is 11.1. The van der Waals surface area contributed by atoms with Gasteiger partial charge in [0.25, 0.3) is 0 Å². The van der Waals surface area contributed by atoms with Crippen LogP contribution in [-0.4, -0.2) is 19.0 Å². The van der Waals surface area contributed by atoms with Gasteiger partial charge in [0.2, 0.25) is 0 Å². The summed E-state index contributed by atoms with van der Waals surface area (Å²) in [6.45, 7) is 6.23. The van der Waals surface area contributed by atoms with E-state index in [-0.39, 0.29) is 24.0 Å². The molecule has 3 nitrogen and oxygen atoms in total. The minimum Gasteiger partial charge on any atom is -0.370 e. The van der Waals surface area contributed by atoms with Gasteiger partial charge in [0.05, 0.1) is 0 Å². The zero-order valence-corrected chi connectivity index (χ0v) is 12.9. The summed E-state index contributed by atoms with van der Waals surface area (Å²) in [7, 11) is 0. The van der Waals surface area contributed by atoms with Crippen LogP contribution in [-0.2, 0) is 0 Å². The Labute approximate surface area is 117 Å². The molecule has 0 bridgehead atoms. The van der Waals surface area contributed by atoms with E-state index < -0.39 is 0 Å². The van der Waals surface area contributed by atoms with Gasteiger partial charge in [-0.15, -0.1) is 24.0 Å². The third kappa shape index (κ3) is 4.89. The van der Waals surface area contributed by atoms with E-state index in [0.29, 0.717) is 11.4 Å². The van der Waals surface area contributed by atoms with Crippen molar-refractivity contribution in [1.82, 2.24) is 5.32 Å². The highest BCUT2D eigenvalue weighted by Gasteiger charge is 2.35. The van der Waals surface area contributed by atoms with Crippen LogP contribution < -0.4 is 11.1 Å². The Bertz CT molecular complexity index is 212. The molecule has 0 atom stereocenters. The van der Waals surface area contributed by atoms with Crippen LogP contribution in [0.5, 0.6) is 0 Å². The van der Waals surface area contributed by atoms with E-state index in [0.717, 1.165) is 19.5 Å². The number of hydrogen-bond donors (Lipinski definition) is 2. The fourth-order valence-electron chi connectivity index (χ4n) is 2.26. The summed E-state index contributed by atoms with van der Waals surface area (Å²) in [5.74, 6) is 0.624. The van der Waals surface area contributed by atoms with E-state index in [1.807, 2.05) is 0 Å².